The van der Waals surface area contributed by atoms with Crippen LogP contribution in [0.1, 0.15) is 24.8 Å². The van der Waals surface area contributed by atoms with Gasteiger partial charge in [-0.15, -0.1) is 0 Å². The molecule has 1 N–H and O–H groups in total. The molecule has 1 aromatic rings. The number of imide groups is 1. The molecule has 4 atom stereocenters. The fourth-order valence-electron chi connectivity index (χ4n) is 4.87. The summed E-state index contributed by atoms with van der Waals surface area (Å²) in [5, 5.41) is 2.64. The predicted octanol–water partition coefficient (Wildman–Crippen LogP) is 1.51. The molecule has 142 valence electrons. The van der Waals surface area contributed by atoms with Gasteiger partial charge in [0.05, 0.1) is 11.8 Å². The third-order valence-corrected chi connectivity index (χ3v) is 5.97. The van der Waals surface area contributed by atoms with E-state index in [9.17, 15) is 19.2 Å². The van der Waals surface area contributed by atoms with Crippen LogP contribution >= 0.6 is 0 Å². The first-order valence-electron chi connectivity index (χ1n) is 9.31. The summed E-state index contributed by atoms with van der Waals surface area (Å²) in [4.78, 5) is 50.1. The van der Waals surface area contributed by atoms with Crippen molar-refractivity contribution in [1.29, 1.82) is 0 Å². The third-order valence-electron chi connectivity index (χ3n) is 5.97. The Hall–Kier alpha value is -2.70. The van der Waals surface area contributed by atoms with E-state index >= 15 is 0 Å². The van der Waals surface area contributed by atoms with Crippen LogP contribution in [0.25, 0.3) is 0 Å². The fraction of sp³-hybridized carbons (Fsp3) is 0.500. The molecule has 2 aliphatic carbocycles. The maximum Gasteiger partial charge on any atom is 0.326 e. The van der Waals surface area contributed by atoms with E-state index in [2.05, 4.69) is 5.32 Å². The highest BCUT2D eigenvalue weighted by Gasteiger charge is 2.61. The Balaban J connectivity index is 1.29. The Labute approximate surface area is 157 Å². The number of likely N-dealkylation sites (tertiary alicyclic amines) is 1. The van der Waals surface area contributed by atoms with Crippen molar-refractivity contribution in [2.75, 3.05) is 18.5 Å². The lowest BCUT2D eigenvalue weighted by Crippen LogP contribution is -2.38. The number of nitrogens with zero attached hydrogens (tertiary/aromatic N) is 1. The van der Waals surface area contributed by atoms with Gasteiger partial charge in [-0.2, -0.15) is 0 Å². The summed E-state index contributed by atoms with van der Waals surface area (Å²) in [6.07, 6.45) is 2.93. The standard InChI is InChI=1S/C20H22N2O5/c1-11-3-2-4-14(7-11)21-15(23)10-27-16(24)9-22-19(25)17-12-5-6-13(8-12)18(17)20(22)26/h2-4,7,12-13,17-18H,5-6,8-10H2,1H3,(H,21,23)/t12-,13-,17-,18-/m0/s1. The van der Waals surface area contributed by atoms with E-state index < -0.39 is 25.0 Å². The van der Waals surface area contributed by atoms with Gasteiger partial charge in [0.2, 0.25) is 11.8 Å². The first-order valence-corrected chi connectivity index (χ1v) is 9.31. The fourth-order valence-corrected chi connectivity index (χ4v) is 4.87. The van der Waals surface area contributed by atoms with Gasteiger partial charge < -0.3 is 10.1 Å². The summed E-state index contributed by atoms with van der Waals surface area (Å²) in [6.45, 7) is 1.03. The number of nitrogens with one attached hydrogen (secondary N) is 1. The number of fused-ring (bicyclic) bond motifs is 5. The molecule has 3 aliphatic rings. The highest BCUT2D eigenvalue weighted by Crippen LogP contribution is 2.56. The predicted molar refractivity (Wildman–Crippen MR) is 95.3 cm³/mol. The Morgan fingerprint density at radius 3 is 2.44 bits per heavy atom. The molecule has 0 unspecified atom stereocenters. The van der Waals surface area contributed by atoms with Crippen LogP contribution in [0.5, 0.6) is 0 Å². The average Bonchev–Trinajstić information content (AvgIpc) is 3.30. The topological polar surface area (TPSA) is 92.8 Å². The maximum atomic E-state index is 12.6. The van der Waals surface area contributed by atoms with Gasteiger partial charge in [-0.3, -0.25) is 24.1 Å². The summed E-state index contributed by atoms with van der Waals surface area (Å²) >= 11 is 0. The van der Waals surface area contributed by atoms with Gasteiger partial charge in [0, 0.05) is 5.69 Å². The van der Waals surface area contributed by atoms with Crippen LogP contribution in [0.3, 0.4) is 0 Å². The van der Waals surface area contributed by atoms with Crippen LogP contribution in [0, 0.1) is 30.6 Å². The molecule has 7 nitrogen and oxygen atoms in total. The first-order chi connectivity index (χ1) is 12.9. The molecule has 1 aromatic carbocycles. The van der Waals surface area contributed by atoms with Crippen LogP contribution in [0.15, 0.2) is 24.3 Å². The number of carbonyl (C=O) groups is 4. The summed E-state index contributed by atoms with van der Waals surface area (Å²) in [7, 11) is 0. The van der Waals surface area contributed by atoms with Crippen molar-refractivity contribution in [3.05, 3.63) is 29.8 Å². The van der Waals surface area contributed by atoms with Gasteiger partial charge in [0.15, 0.2) is 6.61 Å². The summed E-state index contributed by atoms with van der Waals surface area (Å²) < 4.78 is 4.96. The zero-order valence-corrected chi connectivity index (χ0v) is 15.1. The molecule has 1 heterocycles. The second-order valence-electron chi connectivity index (χ2n) is 7.73. The molecule has 2 bridgehead atoms. The highest BCUT2D eigenvalue weighted by molar-refractivity contribution is 6.07. The molecule has 7 heteroatoms. The smallest absolute Gasteiger partial charge is 0.326 e. The van der Waals surface area contributed by atoms with Gasteiger partial charge in [0.25, 0.3) is 5.91 Å². The highest BCUT2D eigenvalue weighted by atomic mass is 16.5. The van der Waals surface area contributed by atoms with E-state index in [-0.39, 0.29) is 35.5 Å². The number of carbonyl (C=O) groups excluding carboxylic acids is 4. The van der Waals surface area contributed by atoms with Crippen molar-refractivity contribution in [3.63, 3.8) is 0 Å². The van der Waals surface area contributed by atoms with Crippen molar-refractivity contribution in [2.45, 2.75) is 26.2 Å². The molecule has 0 radical (unpaired) electrons. The Bertz CT molecular complexity index is 792. The number of aryl methyl sites for hydroxylation is 1. The summed E-state index contributed by atoms with van der Waals surface area (Å²) in [6, 6.07) is 7.25. The molecule has 27 heavy (non-hydrogen) atoms. The van der Waals surface area contributed by atoms with Crippen molar-refractivity contribution >= 4 is 29.4 Å². The molecular formula is C20H22N2O5. The lowest BCUT2D eigenvalue weighted by atomic mass is 9.81. The first kappa shape index (κ1) is 17.7. The minimum absolute atomic E-state index is 0.252. The van der Waals surface area contributed by atoms with Crippen LogP contribution in [-0.2, 0) is 23.9 Å². The summed E-state index contributed by atoms with van der Waals surface area (Å²) in [5.41, 5.74) is 1.61. The monoisotopic (exact) mass is 370 g/mol. The average molecular weight is 370 g/mol. The van der Waals surface area contributed by atoms with E-state index in [4.69, 9.17) is 4.74 Å². The SMILES string of the molecule is Cc1cccc(NC(=O)COC(=O)CN2C(=O)[C@H]3[C@H]4CC[C@@H](C4)[C@@H]3C2=O)c1. The Morgan fingerprint density at radius 2 is 1.81 bits per heavy atom. The lowest BCUT2D eigenvalue weighted by Gasteiger charge is -2.19. The Kier molecular flexibility index (Phi) is 4.45. The van der Waals surface area contributed by atoms with Crippen LogP contribution < -0.4 is 5.32 Å². The van der Waals surface area contributed by atoms with Gasteiger partial charge in [-0.25, -0.2) is 0 Å². The number of hydrogen-bond donors (Lipinski definition) is 1. The molecule has 4 rings (SSSR count). The molecule has 1 aliphatic heterocycles. The number of amides is 3. The van der Waals surface area contributed by atoms with E-state index in [0.717, 1.165) is 29.7 Å². The Morgan fingerprint density at radius 1 is 1.15 bits per heavy atom. The van der Waals surface area contributed by atoms with E-state index in [1.54, 1.807) is 12.1 Å². The van der Waals surface area contributed by atoms with Crippen molar-refractivity contribution < 1.29 is 23.9 Å². The second kappa shape index (κ2) is 6.79. The molecule has 2 saturated carbocycles. The third kappa shape index (κ3) is 3.22. The largest absolute Gasteiger partial charge is 0.454 e. The van der Waals surface area contributed by atoms with Gasteiger partial charge in [-0.1, -0.05) is 12.1 Å². The molecular weight excluding hydrogens is 348 g/mol. The zero-order valence-electron chi connectivity index (χ0n) is 15.1. The number of rotatable bonds is 5. The molecule has 0 spiro atoms. The summed E-state index contributed by atoms with van der Waals surface area (Å²) in [5.74, 6) is -1.68. The van der Waals surface area contributed by atoms with Gasteiger partial charge >= 0.3 is 5.97 Å². The van der Waals surface area contributed by atoms with Crippen molar-refractivity contribution in [3.8, 4) is 0 Å². The molecule has 0 aromatic heterocycles. The van der Waals surface area contributed by atoms with E-state index in [0.29, 0.717) is 5.69 Å². The number of ether oxygens (including phenoxy) is 1. The second-order valence-corrected chi connectivity index (χ2v) is 7.73. The number of hydrogen-bond acceptors (Lipinski definition) is 5. The quantitative estimate of drug-likeness (QED) is 0.626. The number of benzene rings is 1. The van der Waals surface area contributed by atoms with E-state index in [1.165, 1.54) is 0 Å². The maximum absolute atomic E-state index is 12.6. The number of anilines is 1. The van der Waals surface area contributed by atoms with Crippen molar-refractivity contribution in [2.24, 2.45) is 23.7 Å². The minimum atomic E-state index is -0.747. The van der Waals surface area contributed by atoms with E-state index in [1.807, 2.05) is 19.1 Å². The van der Waals surface area contributed by atoms with Gasteiger partial charge in [0.1, 0.15) is 6.54 Å². The zero-order chi connectivity index (χ0) is 19.1. The van der Waals surface area contributed by atoms with Gasteiger partial charge in [-0.05, 0) is 55.7 Å². The molecule has 3 fully saturated rings. The number of esters is 1. The van der Waals surface area contributed by atoms with Crippen LogP contribution in [0.2, 0.25) is 0 Å². The van der Waals surface area contributed by atoms with Crippen LogP contribution in [0.4, 0.5) is 5.69 Å². The molecule has 1 saturated heterocycles. The van der Waals surface area contributed by atoms with Crippen molar-refractivity contribution in [1.82, 2.24) is 4.90 Å². The molecule has 3 amide bonds. The minimum Gasteiger partial charge on any atom is -0.454 e. The normalized spacial score (nSPS) is 28.4. The lowest BCUT2D eigenvalue weighted by molar-refractivity contribution is -0.154. The van der Waals surface area contributed by atoms with Crippen LogP contribution in [-0.4, -0.2) is 41.7 Å².